The van der Waals surface area contributed by atoms with Gasteiger partial charge in [0.2, 0.25) is 0 Å². The molecular weight excluding hydrogens is 278 g/mol. The normalized spacial score (nSPS) is 13.1. The highest BCUT2D eigenvalue weighted by Crippen LogP contribution is 2.16. The molecule has 0 radical (unpaired) electrons. The largest absolute Gasteiger partial charge is 0.384 e. The number of nitrogens with two attached hydrogens (primary N) is 1. The third-order valence-electron chi connectivity index (χ3n) is 3.40. The predicted octanol–water partition coefficient (Wildman–Crippen LogP) is 2.82. The molecule has 0 saturated heterocycles. The van der Waals surface area contributed by atoms with Gasteiger partial charge in [0, 0.05) is 6.42 Å². The summed E-state index contributed by atoms with van der Waals surface area (Å²) >= 11 is 0. The van der Waals surface area contributed by atoms with E-state index in [1.807, 2.05) is 26.8 Å². The minimum Gasteiger partial charge on any atom is -0.384 e. The van der Waals surface area contributed by atoms with Gasteiger partial charge in [0.05, 0.1) is 6.04 Å². The fraction of sp³-hybridized carbons (Fsp3) is 0.529. The van der Waals surface area contributed by atoms with Gasteiger partial charge in [-0.05, 0) is 43.4 Å². The van der Waals surface area contributed by atoms with Crippen LogP contribution in [0.3, 0.4) is 0 Å². The van der Waals surface area contributed by atoms with Gasteiger partial charge < -0.3 is 15.9 Å². The number of carbonyl (C=O) groups is 1. The van der Waals surface area contributed by atoms with Crippen molar-refractivity contribution in [2.24, 2.45) is 16.8 Å². The second-order valence-corrected chi connectivity index (χ2v) is 6.09. The van der Waals surface area contributed by atoms with Crippen LogP contribution in [-0.2, 0) is 9.63 Å². The van der Waals surface area contributed by atoms with E-state index in [0.717, 1.165) is 5.56 Å². The third kappa shape index (κ3) is 6.16. The Morgan fingerprint density at radius 3 is 2.55 bits per heavy atom. The van der Waals surface area contributed by atoms with Gasteiger partial charge in [0.15, 0.2) is 6.61 Å². The van der Waals surface area contributed by atoms with Crippen molar-refractivity contribution < 1.29 is 9.63 Å². The first-order valence-corrected chi connectivity index (χ1v) is 7.60. The van der Waals surface area contributed by atoms with Crippen LogP contribution in [0.1, 0.15) is 49.9 Å². The highest BCUT2D eigenvalue weighted by Gasteiger charge is 2.10. The van der Waals surface area contributed by atoms with Crippen molar-refractivity contribution in [1.82, 2.24) is 5.32 Å². The number of rotatable bonds is 7. The monoisotopic (exact) mass is 305 g/mol. The van der Waals surface area contributed by atoms with E-state index in [-0.39, 0.29) is 18.6 Å². The Balaban J connectivity index is 2.46. The number of hydrogen-bond donors (Lipinski definition) is 2. The molecule has 5 heteroatoms. The first kappa shape index (κ1) is 18.0. The molecule has 1 unspecified atom stereocenters. The number of nitrogens with zero attached hydrogens (tertiary/aromatic N) is 1. The fourth-order valence-corrected chi connectivity index (χ4v) is 2.03. The van der Waals surface area contributed by atoms with Crippen LogP contribution < -0.4 is 11.1 Å². The van der Waals surface area contributed by atoms with E-state index < -0.39 is 0 Å². The van der Waals surface area contributed by atoms with Gasteiger partial charge >= 0.3 is 0 Å². The summed E-state index contributed by atoms with van der Waals surface area (Å²) in [6.07, 6.45) is 0.653. The van der Waals surface area contributed by atoms with Gasteiger partial charge in [-0.3, -0.25) is 4.79 Å². The number of oxime groups is 1. The third-order valence-corrected chi connectivity index (χ3v) is 3.40. The fourth-order valence-electron chi connectivity index (χ4n) is 2.03. The maximum atomic E-state index is 11.8. The summed E-state index contributed by atoms with van der Waals surface area (Å²) in [7, 11) is 0. The van der Waals surface area contributed by atoms with Crippen LogP contribution >= 0.6 is 0 Å². The van der Waals surface area contributed by atoms with E-state index in [1.54, 1.807) is 0 Å². The van der Waals surface area contributed by atoms with Crippen molar-refractivity contribution in [3.8, 4) is 0 Å². The Morgan fingerprint density at radius 1 is 1.27 bits per heavy atom. The molecule has 3 N–H and O–H groups in total. The second-order valence-electron chi connectivity index (χ2n) is 6.09. The van der Waals surface area contributed by atoms with Crippen molar-refractivity contribution >= 4 is 11.7 Å². The summed E-state index contributed by atoms with van der Waals surface area (Å²) in [5.74, 6) is 0.600. The quantitative estimate of drug-likeness (QED) is 0.462. The molecule has 0 heterocycles. The molecule has 0 saturated carbocycles. The lowest BCUT2D eigenvalue weighted by molar-refractivity contribution is -0.126. The maximum absolute atomic E-state index is 11.8. The summed E-state index contributed by atoms with van der Waals surface area (Å²) < 4.78 is 0. The van der Waals surface area contributed by atoms with Gasteiger partial charge in [-0.1, -0.05) is 37.2 Å². The molecule has 0 fully saturated rings. The molecule has 0 aliphatic heterocycles. The Morgan fingerprint density at radius 2 is 1.95 bits per heavy atom. The van der Waals surface area contributed by atoms with Crippen LogP contribution in [0.15, 0.2) is 23.4 Å². The van der Waals surface area contributed by atoms with Crippen molar-refractivity contribution in [3.63, 3.8) is 0 Å². The van der Waals surface area contributed by atoms with E-state index >= 15 is 0 Å². The molecule has 0 aliphatic rings. The minimum absolute atomic E-state index is 0.0765. The highest BCUT2D eigenvalue weighted by molar-refractivity contribution is 5.80. The Kier molecular flexibility index (Phi) is 6.89. The minimum atomic E-state index is -0.216. The van der Waals surface area contributed by atoms with E-state index in [1.165, 1.54) is 11.1 Å². The van der Waals surface area contributed by atoms with Crippen molar-refractivity contribution in [2.45, 2.75) is 47.1 Å². The number of carbonyl (C=O) groups excluding carboxylic acids is 1. The predicted molar refractivity (Wildman–Crippen MR) is 89.5 cm³/mol. The summed E-state index contributed by atoms with van der Waals surface area (Å²) in [5.41, 5.74) is 9.19. The summed E-state index contributed by atoms with van der Waals surface area (Å²) in [5, 5.41) is 6.63. The molecule has 1 aromatic rings. The number of benzene rings is 1. The van der Waals surface area contributed by atoms with Crippen LogP contribution in [0.2, 0.25) is 0 Å². The molecule has 1 aromatic carbocycles. The molecule has 122 valence electrons. The second kappa shape index (κ2) is 8.41. The van der Waals surface area contributed by atoms with Crippen molar-refractivity contribution in [1.29, 1.82) is 0 Å². The highest BCUT2D eigenvalue weighted by atomic mass is 16.6. The lowest BCUT2D eigenvalue weighted by Crippen LogP contribution is -2.30. The standard InChI is InChI=1S/C17H27N3O2/c1-11(2)8-16(18)20-22-10-17(21)19-14(5)15-7-6-12(3)13(4)9-15/h6-7,9,11,14H,8,10H2,1-5H3,(H2,18,20)(H,19,21). The number of aryl methyl sites for hydroxylation is 2. The zero-order chi connectivity index (χ0) is 16.7. The van der Waals surface area contributed by atoms with Gasteiger partial charge in [-0.25, -0.2) is 0 Å². The number of hydrogen-bond acceptors (Lipinski definition) is 3. The molecule has 0 aliphatic carbocycles. The molecule has 5 nitrogen and oxygen atoms in total. The van der Waals surface area contributed by atoms with Gasteiger partial charge in [0.25, 0.3) is 5.91 Å². The lowest BCUT2D eigenvalue weighted by Gasteiger charge is -2.15. The van der Waals surface area contributed by atoms with Crippen molar-refractivity contribution in [3.05, 3.63) is 34.9 Å². The van der Waals surface area contributed by atoms with Crippen molar-refractivity contribution in [2.75, 3.05) is 6.61 Å². The summed E-state index contributed by atoms with van der Waals surface area (Å²) in [6.45, 7) is 10.0. The molecule has 0 bridgehead atoms. The topological polar surface area (TPSA) is 76.7 Å². The van der Waals surface area contributed by atoms with E-state index in [2.05, 4.69) is 36.5 Å². The Bertz CT molecular complexity index is 539. The zero-order valence-corrected chi connectivity index (χ0v) is 14.1. The Hall–Kier alpha value is -2.04. The van der Waals surface area contributed by atoms with Crippen LogP contribution in [-0.4, -0.2) is 18.3 Å². The number of amides is 1. The molecule has 22 heavy (non-hydrogen) atoms. The average molecular weight is 305 g/mol. The summed E-state index contributed by atoms with van der Waals surface area (Å²) in [4.78, 5) is 16.8. The first-order chi connectivity index (χ1) is 10.3. The average Bonchev–Trinajstić information content (AvgIpc) is 2.40. The van der Waals surface area contributed by atoms with Crippen LogP contribution in [0.4, 0.5) is 0 Å². The summed E-state index contributed by atoms with van der Waals surface area (Å²) in [6, 6.07) is 6.08. The van der Waals surface area contributed by atoms with Gasteiger partial charge in [0.1, 0.15) is 5.84 Å². The van der Waals surface area contributed by atoms with Crippen LogP contribution in [0.25, 0.3) is 0 Å². The van der Waals surface area contributed by atoms with E-state index in [4.69, 9.17) is 10.6 Å². The first-order valence-electron chi connectivity index (χ1n) is 7.60. The van der Waals surface area contributed by atoms with Crippen LogP contribution in [0, 0.1) is 19.8 Å². The lowest BCUT2D eigenvalue weighted by atomic mass is 10.0. The number of nitrogens with one attached hydrogen (secondary N) is 1. The Labute approximate surface area is 132 Å². The molecule has 0 spiro atoms. The molecule has 1 rings (SSSR count). The maximum Gasteiger partial charge on any atom is 0.261 e. The SMILES string of the molecule is Cc1ccc(C(C)NC(=O)CON=C(N)CC(C)C)cc1C. The molecule has 1 amide bonds. The molecule has 0 aromatic heterocycles. The zero-order valence-electron chi connectivity index (χ0n) is 14.1. The van der Waals surface area contributed by atoms with E-state index in [9.17, 15) is 4.79 Å². The molecular formula is C17H27N3O2. The molecule has 1 atom stereocenters. The van der Waals surface area contributed by atoms with Crippen LogP contribution in [0.5, 0.6) is 0 Å². The van der Waals surface area contributed by atoms with E-state index in [0.29, 0.717) is 18.2 Å². The van der Waals surface area contributed by atoms with Gasteiger partial charge in [-0.15, -0.1) is 0 Å². The van der Waals surface area contributed by atoms with Gasteiger partial charge in [-0.2, -0.15) is 0 Å². The smallest absolute Gasteiger partial charge is 0.261 e. The number of amidine groups is 1.